The molecule has 2 aromatic carbocycles. The maximum absolute atomic E-state index is 13.2. The number of amidine groups is 1. The minimum absolute atomic E-state index is 0.0630. The first-order chi connectivity index (χ1) is 9.49. The van der Waals surface area contributed by atoms with E-state index in [1.54, 1.807) is 18.2 Å². The van der Waals surface area contributed by atoms with Crippen LogP contribution in [0.25, 0.3) is 0 Å². The Morgan fingerprint density at radius 3 is 2.65 bits per heavy atom. The van der Waals surface area contributed by atoms with Gasteiger partial charge in [-0.15, -0.1) is 0 Å². The maximum atomic E-state index is 13.2. The summed E-state index contributed by atoms with van der Waals surface area (Å²) in [6, 6.07) is 8.77. The van der Waals surface area contributed by atoms with Crippen LogP contribution in [0.5, 0.6) is 11.5 Å². The largest absolute Gasteiger partial charge is 0.456 e. The molecule has 0 spiro atoms. The van der Waals surface area contributed by atoms with Crippen LogP contribution in [0.3, 0.4) is 0 Å². The number of hydrogen-bond acceptors (Lipinski definition) is 3. The van der Waals surface area contributed by atoms with Gasteiger partial charge in [0, 0.05) is 16.1 Å². The molecule has 0 fully saturated rings. The van der Waals surface area contributed by atoms with Crippen molar-refractivity contribution in [1.29, 1.82) is 0 Å². The molecular weight excluding hydrogens is 351 g/mol. The van der Waals surface area contributed by atoms with Gasteiger partial charge in [0.15, 0.2) is 5.84 Å². The predicted molar refractivity (Wildman–Crippen MR) is 78.1 cm³/mol. The van der Waals surface area contributed by atoms with Gasteiger partial charge in [0.2, 0.25) is 0 Å². The average molecular weight is 360 g/mol. The maximum Gasteiger partial charge on any atom is 0.170 e. The molecule has 0 aliphatic carbocycles. The van der Waals surface area contributed by atoms with Crippen molar-refractivity contribution in [2.45, 2.75) is 0 Å². The van der Waals surface area contributed by atoms with Crippen LogP contribution < -0.4 is 10.5 Å². The van der Waals surface area contributed by atoms with E-state index in [-0.39, 0.29) is 10.9 Å². The minimum Gasteiger partial charge on any atom is -0.456 e. The first-order valence-corrected chi connectivity index (χ1v) is 6.58. The Labute approximate surface area is 127 Å². The molecule has 0 saturated carbocycles. The number of nitrogens with two attached hydrogens (primary N) is 1. The standard InChI is InChI=1S/C13H9BrClFN2O2/c14-8-4-9(16)6-10(5-8)20-12-2-1-7(3-11(12)15)13(17)18-19/h1-6,19H,(H2,17,18). The quantitative estimate of drug-likeness (QED) is 0.375. The van der Waals surface area contributed by atoms with Crippen LogP contribution in [0.2, 0.25) is 5.02 Å². The van der Waals surface area contributed by atoms with Crippen LogP contribution in [0, 0.1) is 5.82 Å². The topological polar surface area (TPSA) is 67.8 Å². The van der Waals surface area contributed by atoms with E-state index in [1.165, 1.54) is 18.2 Å². The van der Waals surface area contributed by atoms with Gasteiger partial charge in [-0.25, -0.2) is 4.39 Å². The summed E-state index contributed by atoms with van der Waals surface area (Å²) in [7, 11) is 0. The average Bonchev–Trinajstić information content (AvgIpc) is 2.39. The molecule has 0 amide bonds. The van der Waals surface area contributed by atoms with Crippen molar-refractivity contribution in [2.24, 2.45) is 10.9 Å². The van der Waals surface area contributed by atoms with Crippen molar-refractivity contribution in [2.75, 3.05) is 0 Å². The van der Waals surface area contributed by atoms with Crippen LogP contribution in [0.1, 0.15) is 5.56 Å². The van der Waals surface area contributed by atoms with Gasteiger partial charge in [-0.2, -0.15) is 0 Å². The molecule has 0 heterocycles. The normalized spacial score (nSPS) is 11.4. The Bertz CT molecular complexity index is 659. The third-order valence-corrected chi connectivity index (χ3v) is 3.15. The minimum atomic E-state index is -0.432. The number of rotatable bonds is 3. The van der Waals surface area contributed by atoms with Gasteiger partial charge >= 0.3 is 0 Å². The molecule has 0 aliphatic heterocycles. The molecule has 4 nitrogen and oxygen atoms in total. The Balaban J connectivity index is 2.30. The van der Waals surface area contributed by atoms with Gasteiger partial charge in [-0.3, -0.25) is 0 Å². The zero-order valence-corrected chi connectivity index (χ0v) is 12.3. The van der Waals surface area contributed by atoms with Crippen molar-refractivity contribution in [3.63, 3.8) is 0 Å². The number of halogens is 3. The van der Waals surface area contributed by atoms with Crippen LogP contribution in [-0.4, -0.2) is 11.0 Å². The van der Waals surface area contributed by atoms with Crippen LogP contribution in [0.15, 0.2) is 46.0 Å². The van der Waals surface area contributed by atoms with Gasteiger partial charge in [0.1, 0.15) is 17.3 Å². The SMILES string of the molecule is N/C(=N/O)c1ccc(Oc2cc(F)cc(Br)c2)c(Cl)c1. The molecule has 0 unspecified atom stereocenters. The van der Waals surface area contributed by atoms with Gasteiger partial charge in [-0.1, -0.05) is 32.7 Å². The lowest BCUT2D eigenvalue weighted by atomic mass is 10.2. The molecule has 20 heavy (non-hydrogen) atoms. The number of benzene rings is 2. The summed E-state index contributed by atoms with van der Waals surface area (Å²) in [6.07, 6.45) is 0. The number of nitrogens with zero attached hydrogens (tertiary/aromatic N) is 1. The zero-order chi connectivity index (χ0) is 14.7. The lowest BCUT2D eigenvalue weighted by molar-refractivity contribution is 0.318. The molecule has 0 bridgehead atoms. The van der Waals surface area contributed by atoms with Gasteiger partial charge in [-0.05, 0) is 30.3 Å². The van der Waals surface area contributed by atoms with E-state index < -0.39 is 5.82 Å². The summed E-state index contributed by atoms with van der Waals surface area (Å²) in [5, 5.41) is 11.7. The fourth-order valence-electron chi connectivity index (χ4n) is 1.52. The highest BCUT2D eigenvalue weighted by molar-refractivity contribution is 9.10. The molecule has 0 atom stereocenters. The molecule has 7 heteroatoms. The molecule has 3 N–H and O–H groups in total. The van der Waals surface area contributed by atoms with Crippen LogP contribution in [0.4, 0.5) is 4.39 Å². The van der Waals surface area contributed by atoms with E-state index in [4.69, 9.17) is 27.3 Å². The molecule has 0 aromatic heterocycles. The van der Waals surface area contributed by atoms with Crippen molar-refractivity contribution < 1.29 is 14.3 Å². The monoisotopic (exact) mass is 358 g/mol. The van der Waals surface area contributed by atoms with Crippen LogP contribution >= 0.6 is 27.5 Å². The van der Waals surface area contributed by atoms with E-state index in [2.05, 4.69) is 21.1 Å². The molecule has 104 valence electrons. The van der Waals surface area contributed by atoms with E-state index in [0.29, 0.717) is 21.5 Å². The van der Waals surface area contributed by atoms with E-state index in [1.807, 2.05) is 0 Å². The fourth-order valence-corrected chi connectivity index (χ4v) is 2.18. The van der Waals surface area contributed by atoms with Crippen LogP contribution in [-0.2, 0) is 0 Å². The second-order valence-corrected chi connectivity index (χ2v) is 5.16. The highest BCUT2D eigenvalue weighted by atomic mass is 79.9. The van der Waals surface area contributed by atoms with Gasteiger partial charge in [0.05, 0.1) is 5.02 Å². The van der Waals surface area contributed by atoms with E-state index in [0.717, 1.165) is 0 Å². The summed E-state index contributed by atoms with van der Waals surface area (Å²) in [6.45, 7) is 0. The number of ether oxygens (including phenoxy) is 1. The Hall–Kier alpha value is -1.79. The Morgan fingerprint density at radius 2 is 2.05 bits per heavy atom. The predicted octanol–water partition coefficient (Wildman–Crippen LogP) is 4.13. The van der Waals surface area contributed by atoms with E-state index in [9.17, 15) is 4.39 Å². The molecular formula is C13H9BrClFN2O2. The summed E-state index contributed by atoms with van der Waals surface area (Å²) in [5.41, 5.74) is 5.90. The Morgan fingerprint density at radius 1 is 1.30 bits per heavy atom. The molecule has 0 radical (unpaired) electrons. The first kappa shape index (κ1) is 14.6. The smallest absolute Gasteiger partial charge is 0.170 e. The summed E-state index contributed by atoms with van der Waals surface area (Å²) in [5.74, 6) is 0.139. The lowest BCUT2D eigenvalue weighted by Crippen LogP contribution is -2.12. The molecule has 0 aliphatic rings. The highest BCUT2D eigenvalue weighted by Gasteiger charge is 2.08. The summed E-state index contributed by atoms with van der Waals surface area (Å²) >= 11 is 9.21. The first-order valence-electron chi connectivity index (χ1n) is 5.41. The van der Waals surface area contributed by atoms with Crippen molar-refractivity contribution in [1.82, 2.24) is 0 Å². The Kier molecular flexibility index (Phi) is 4.46. The van der Waals surface area contributed by atoms with Gasteiger partial charge < -0.3 is 15.7 Å². The second kappa shape index (κ2) is 6.11. The lowest BCUT2D eigenvalue weighted by Gasteiger charge is -2.09. The fraction of sp³-hybridized carbons (Fsp3) is 0. The summed E-state index contributed by atoms with van der Waals surface area (Å²) in [4.78, 5) is 0. The zero-order valence-electron chi connectivity index (χ0n) is 9.98. The third-order valence-electron chi connectivity index (χ3n) is 2.40. The highest BCUT2D eigenvalue weighted by Crippen LogP contribution is 2.31. The molecule has 2 rings (SSSR count). The molecule has 2 aromatic rings. The second-order valence-electron chi connectivity index (χ2n) is 3.84. The van der Waals surface area contributed by atoms with Gasteiger partial charge in [0.25, 0.3) is 0 Å². The third kappa shape index (κ3) is 3.40. The van der Waals surface area contributed by atoms with Crippen molar-refractivity contribution in [3.8, 4) is 11.5 Å². The van der Waals surface area contributed by atoms with Crippen molar-refractivity contribution in [3.05, 3.63) is 57.3 Å². The number of hydrogen-bond donors (Lipinski definition) is 2. The van der Waals surface area contributed by atoms with Crippen molar-refractivity contribution >= 4 is 33.4 Å². The summed E-state index contributed by atoms with van der Waals surface area (Å²) < 4.78 is 19.3. The molecule has 0 saturated heterocycles. The van der Waals surface area contributed by atoms with E-state index >= 15 is 0 Å². The number of oxime groups is 1.